The Morgan fingerprint density at radius 2 is 2.00 bits per heavy atom. The lowest BCUT2D eigenvalue weighted by atomic mass is 10.2. The maximum absolute atomic E-state index is 12.3. The van der Waals surface area contributed by atoms with E-state index < -0.39 is 0 Å². The van der Waals surface area contributed by atoms with Crippen LogP contribution in [-0.4, -0.2) is 18.0 Å². The number of furan rings is 1. The molecule has 23 heavy (non-hydrogen) atoms. The minimum absolute atomic E-state index is 0.213. The van der Waals surface area contributed by atoms with Crippen LogP contribution in [0.25, 0.3) is 11.3 Å². The number of hydrogen-bond acceptors (Lipinski definition) is 5. The third kappa shape index (κ3) is 3.27. The van der Waals surface area contributed by atoms with Gasteiger partial charge in [-0.2, -0.15) is 0 Å². The monoisotopic (exact) mass is 328 g/mol. The number of aromatic nitrogens is 1. The number of rotatable bonds is 4. The molecule has 0 aliphatic carbocycles. The van der Waals surface area contributed by atoms with Crippen molar-refractivity contribution in [1.82, 2.24) is 4.98 Å². The summed E-state index contributed by atoms with van der Waals surface area (Å²) in [5, 5.41) is 5.27. The fraction of sp³-hybridized carbons (Fsp3) is 0.176. The van der Waals surface area contributed by atoms with Crippen LogP contribution in [0.3, 0.4) is 0 Å². The molecule has 0 saturated heterocycles. The third-order valence-electron chi connectivity index (χ3n) is 3.40. The van der Waals surface area contributed by atoms with Crippen LogP contribution in [0.2, 0.25) is 0 Å². The van der Waals surface area contributed by atoms with Gasteiger partial charge in [0, 0.05) is 10.9 Å². The highest BCUT2D eigenvalue weighted by molar-refractivity contribution is 7.14. The molecule has 0 atom stereocenters. The molecule has 0 saturated carbocycles. The van der Waals surface area contributed by atoms with Crippen molar-refractivity contribution in [2.45, 2.75) is 13.8 Å². The number of methoxy groups -OCH3 is 1. The zero-order valence-electron chi connectivity index (χ0n) is 13.0. The van der Waals surface area contributed by atoms with E-state index in [1.165, 1.54) is 11.3 Å². The largest absolute Gasteiger partial charge is 0.497 e. The summed E-state index contributed by atoms with van der Waals surface area (Å²) in [6, 6.07) is 9.35. The Hall–Kier alpha value is -2.60. The van der Waals surface area contributed by atoms with Gasteiger partial charge < -0.3 is 9.15 Å². The van der Waals surface area contributed by atoms with Crippen molar-refractivity contribution in [2.75, 3.05) is 12.4 Å². The number of anilines is 1. The van der Waals surface area contributed by atoms with Gasteiger partial charge in [0.2, 0.25) is 0 Å². The summed E-state index contributed by atoms with van der Waals surface area (Å²) in [5.74, 6) is 1.90. The number of nitrogens with zero attached hydrogens (tertiary/aromatic N) is 1. The molecular weight excluding hydrogens is 312 g/mol. The first-order chi connectivity index (χ1) is 11.1. The number of carbonyl (C=O) groups excluding carboxylic acids is 1. The average molecular weight is 328 g/mol. The van der Waals surface area contributed by atoms with E-state index in [0.29, 0.717) is 22.2 Å². The number of benzene rings is 1. The van der Waals surface area contributed by atoms with Crippen LogP contribution in [-0.2, 0) is 0 Å². The lowest BCUT2D eigenvalue weighted by Gasteiger charge is -2.01. The minimum Gasteiger partial charge on any atom is -0.497 e. The summed E-state index contributed by atoms with van der Waals surface area (Å²) < 4.78 is 10.5. The molecule has 2 heterocycles. The molecule has 5 nitrogen and oxygen atoms in total. The van der Waals surface area contributed by atoms with Gasteiger partial charge in [-0.3, -0.25) is 10.1 Å². The maximum Gasteiger partial charge on any atom is 0.260 e. The molecule has 0 fully saturated rings. The van der Waals surface area contributed by atoms with Gasteiger partial charge >= 0.3 is 0 Å². The molecule has 2 aromatic heterocycles. The summed E-state index contributed by atoms with van der Waals surface area (Å²) >= 11 is 1.39. The van der Waals surface area contributed by atoms with Crippen LogP contribution in [0.5, 0.6) is 5.75 Å². The normalized spacial score (nSPS) is 10.6. The molecule has 0 aliphatic heterocycles. The average Bonchev–Trinajstić information content (AvgIpc) is 3.13. The maximum atomic E-state index is 12.3. The van der Waals surface area contributed by atoms with Crippen LogP contribution < -0.4 is 10.1 Å². The SMILES string of the molecule is COc1ccc(-c2csc(NC(=O)c3cc(C)oc3C)n2)cc1. The number of ether oxygens (including phenoxy) is 1. The molecule has 0 bridgehead atoms. The topological polar surface area (TPSA) is 64.4 Å². The summed E-state index contributed by atoms with van der Waals surface area (Å²) in [7, 11) is 1.63. The third-order valence-corrected chi connectivity index (χ3v) is 4.15. The van der Waals surface area contributed by atoms with Crippen molar-refractivity contribution < 1.29 is 13.9 Å². The number of hydrogen-bond donors (Lipinski definition) is 1. The van der Waals surface area contributed by atoms with E-state index in [-0.39, 0.29) is 5.91 Å². The van der Waals surface area contributed by atoms with Gasteiger partial charge in [0.15, 0.2) is 5.13 Å². The minimum atomic E-state index is -0.213. The highest BCUT2D eigenvalue weighted by Crippen LogP contribution is 2.27. The molecule has 1 amide bonds. The molecule has 0 spiro atoms. The molecule has 0 aliphatic rings. The van der Waals surface area contributed by atoms with E-state index in [4.69, 9.17) is 9.15 Å². The Morgan fingerprint density at radius 3 is 2.61 bits per heavy atom. The lowest BCUT2D eigenvalue weighted by molar-refractivity contribution is 0.102. The summed E-state index contributed by atoms with van der Waals surface area (Å²) in [6.07, 6.45) is 0. The van der Waals surface area contributed by atoms with Crippen molar-refractivity contribution >= 4 is 22.4 Å². The summed E-state index contributed by atoms with van der Waals surface area (Å²) in [4.78, 5) is 16.7. The Morgan fingerprint density at radius 1 is 1.26 bits per heavy atom. The molecule has 6 heteroatoms. The Balaban J connectivity index is 1.76. The highest BCUT2D eigenvalue weighted by Gasteiger charge is 2.15. The van der Waals surface area contributed by atoms with Gasteiger partial charge in [0.1, 0.15) is 17.3 Å². The van der Waals surface area contributed by atoms with Gasteiger partial charge in [-0.15, -0.1) is 11.3 Å². The quantitative estimate of drug-likeness (QED) is 0.776. The number of carbonyl (C=O) groups is 1. The first-order valence-electron chi connectivity index (χ1n) is 7.05. The van der Waals surface area contributed by atoms with E-state index in [1.54, 1.807) is 20.1 Å². The van der Waals surface area contributed by atoms with Crippen LogP contribution in [0.4, 0.5) is 5.13 Å². The van der Waals surface area contributed by atoms with E-state index in [2.05, 4.69) is 10.3 Å². The first-order valence-corrected chi connectivity index (χ1v) is 7.93. The van der Waals surface area contributed by atoms with Crippen LogP contribution in [0.1, 0.15) is 21.9 Å². The van der Waals surface area contributed by atoms with Crippen LogP contribution in [0, 0.1) is 13.8 Å². The van der Waals surface area contributed by atoms with Gasteiger partial charge in [-0.1, -0.05) is 0 Å². The second-order valence-corrected chi connectivity index (χ2v) is 5.91. The van der Waals surface area contributed by atoms with Gasteiger partial charge in [-0.25, -0.2) is 4.98 Å². The second-order valence-electron chi connectivity index (χ2n) is 5.05. The van der Waals surface area contributed by atoms with Gasteiger partial charge in [-0.05, 0) is 44.2 Å². The van der Waals surface area contributed by atoms with Crippen molar-refractivity contribution in [3.8, 4) is 17.0 Å². The number of amides is 1. The summed E-state index contributed by atoms with van der Waals surface area (Å²) in [6.45, 7) is 3.58. The van der Waals surface area contributed by atoms with E-state index in [9.17, 15) is 4.79 Å². The smallest absolute Gasteiger partial charge is 0.260 e. The number of nitrogens with one attached hydrogen (secondary N) is 1. The molecule has 1 aromatic carbocycles. The van der Waals surface area contributed by atoms with Crippen molar-refractivity contribution in [1.29, 1.82) is 0 Å². The number of aryl methyl sites for hydroxylation is 2. The Bertz CT molecular complexity index is 834. The molecule has 3 rings (SSSR count). The Labute approximate surface area is 137 Å². The fourth-order valence-electron chi connectivity index (χ4n) is 2.25. The van der Waals surface area contributed by atoms with Gasteiger partial charge in [0.05, 0.1) is 18.4 Å². The predicted molar refractivity (Wildman–Crippen MR) is 90.2 cm³/mol. The highest BCUT2D eigenvalue weighted by atomic mass is 32.1. The molecule has 0 unspecified atom stereocenters. The zero-order valence-corrected chi connectivity index (χ0v) is 13.9. The Kier molecular flexibility index (Phi) is 4.16. The van der Waals surface area contributed by atoms with Crippen LogP contribution in [0.15, 0.2) is 40.1 Å². The second kappa shape index (κ2) is 6.26. The van der Waals surface area contributed by atoms with E-state index in [0.717, 1.165) is 17.0 Å². The standard InChI is InChI=1S/C17H16N2O3S/c1-10-8-14(11(2)22-10)16(20)19-17-18-15(9-23-17)12-4-6-13(21-3)7-5-12/h4-9H,1-3H3,(H,18,19,20). The van der Waals surface area contributed by atoms with Crippen molar-refractivity contribution in [3.63, 3.8) is 0 Å². The molecule has 1 N–H and O–H groups in total. The van der Waals surface area contributed by atoms with Crippen LogP contribution >= 0.6 is 11.3 Å². The molecule has 0 radical (unpaired) electrons. The van der Waals surface area contributed by atoms with Crippen molar-refractivity contribution in [2.24, 2.45) is 0 Å². The first kappa shape index (κ1) is 15.3. The van der Waals surface area contributed by atoms with Gasteiger partial charge in [0.25, 0.3) is 5.91 Å². The molecule has 118 valence electrons. The molecule has 3 aromatic rings. The molecular formula is C17H16N2O3S. The zero-order chi connectivity index (χ0) is 16.4. The van der Waals surface area contributed by atoms with E-state index >= 15 is 0 Å². The van der Waals surface area contributed by atoms with Crippen molar-refractivity contribution in [3.05, 3.63) is 52.8 Å². The predicted octanol–water partition coefficient (Wildman–Crippen LogP) is 4.28. The number of thiazole rings is 1. The lowest BCUT2D eigenvalue weighted by Crippen LogP contribution is -2.11. The van der Waals surface area contributed by atoms with E-state index in [1.807, 2.05) is 36.6 Å². The summed E-state index contributed by atoms with van der Waals surface area (Å²) in [5.41, 5.74) is 2.31. The fourth-order valence-corrected chi connectivity index (χ4v) is 2.96.